The zero-order chi connectivity index (χ0) is 23.0. The summed E-state index contributed by atoms with van der Waals surface area (Å²) in [6.45, 7) is 3.37. The van der Waals surface area contributed by atoms with Crippen LogP contribution in [0.5, 0.6) is 5.88 Å². The highest BCUT2D eigenvalue weighted by Gasteiger charge is 2.22. The van der Waals surface area contributed by atoms with Crippen LogP contribution in [0.2, 0.25) is 0 Å². The van der Waals surface area contributed by atoms with Gasteiger partial charge in [-0.3, -0.25) is 4.72 Å². The average Bonchev–Trinajstić information content (AvgIpc) is 2.75. The number of benzene rings is 2. The summed E-state index contributed by atoms with van der Waals surface area (Å²) in [4.78, 5) is 11.4. The van der Waals surface area contributed by atoms with Crippen molar-refractivity contribution in [1.82, 2.24) is 15.0 Å². The third-order valence-electron chi connectivity index (χ3n) is 4.90. The van der Waals surface area contributed by atoms with Crippen molar-refractivity contribution >= 4 is 26.7 Å². The molecular weight excluding hydrogens is 438 g/mol. The molecule has 1 N–H and O–H groups in total. The van der Waals surface area contributed by atoms with Crippen molar-refractivity contribution in [2.24, 2.45) is 0 Å². The van der Waals surface area contributed by atoms with Crippen LogP contribution in [0.15, 0.2) is 53.6 Å². The Hall–Kier alpha value is -3.66. The summed E-state index contributed by atoms with van der Waals surface area (Å²) in [6, 6.07) is 10.8. The van der Waals surface area contributed by atoms with Crippen LogP contribution in [-0.4, -0.2) is 30.5 Å². The van der Waals surface area contributed by atoms with Crippen LogP contribution in [0.4, 0.5) is 14.6 Å². The second-order valence-corrected chi connectivity index (χ2v) is 8.77. The zero-order valence-corrected chi connectivity index (χ0v) is 18.2. The minimum atomic E-state index is -4.07. The number of hydrogen-bond donors (Lipinski definition) is 1. The second kappa shape index (κ2) is 8.12. The standard InChI is InChI=1S/C22H18F2N4O3S/c1-12-6-4-5-7-18(12)32(29,30)28-20-17(23)10-16(21(27-20)31-3)14-8-13(2)19-15(9-14)11-25-22(24)26-19/h4-11H,1-3H3,(H,27,28). The van der Waals surface area contributed by atoms with Gasteiger partial charge < -0.3 is 4.74 Å². The molecule has 0 aliphatic rings. The SMILES string of the molecule is COc1nc(NS(=O)(=O)c2ccccc2C)c(F)cc1-c1cc(C)c2nc(F)ncc2c1. The molecule has 0 saturated carbocycles. The molecule has 2 heterocycles. The first-order valence-electron chi connectivity index (χ1n) is 9.46. The summed E-state index contributed by atoms with van der Waals surface area (Å²) in [5.74, 6) is -1.36. The highest BCUT2D eigenvalue weighted by molar-refractivity contribution is 7.92. The van der Waals surface area contributed by atoms with E-state index < -0.39 is 27.7 Å². The maximum Gasteiger partial charge on any atom is 0.309 e. The molecule has 0 atom stereocenters. The fourth-order valence-electron chi connectivity index (χ4n) is 3.40. The average molecular weight is 456 g/mol. The molecule has 32 heavy (non-hydrogen) atoms. The van der Waals surface area contributed by atoms with Crippen molar-refractivity contribution in [2.45, 2.75) is 18.7 Å². The van der Waals surface area contributed by atoms with E-state index in [2.05, 4.69) is 19.7 Å². The van der Waals surface area contributed by atoms with Gasteiger partial charge in [-0.1, -0.05) is 18.2 Å². The van der Waals surface area contributed by atoms with Gasteiger partial charge in [-0.25, -0.2) is 22.8 Å². The maximum absolute atomic E-state index is 14.9. The van der Waals surface area contributed by atoms with Gasteiger partial charge in [-0.15, -0.1) is 0 Å². The molecule has 164 valence electrons. The number of aryl methyl sites for hydroxylation is 2. The lowest BCUT2D eigenvalue weighted by Crippen LogP contribution is -2.16. The Balaban J connectivity index is 1.79. The van der Waals surface area contributed by atoms with Crippen molar-refractivity contribution in [3.8, 4) is 17.0 Å². The summed E-state index contributed by atoms with van der Waals surface area (Å²) in [5.41, 5.74) is 2.40. The first-order chi connectivity index (χ1) is 15.2. The van der Waals surface area contributed by atoms with Crippen molar-refractivity contribution in [1.29, 1.82) is 0 Å². The van der Waals surface area contributed by atoms with Crippen LogP contribution in [0, 0.1) is 25.7 Å². The van der Waals surface area contributed by atoms with Gasteiger partial charge in [-0.05, 0) is 54.8 Å². The van der Waals surface area contributed by atoms with Crippen molar-refractivity contribution in [3.63, 3.8) is 0 Å². The zero-order valence-electron chi connectivity index (χ0n) is 17.3. The minimum Gasteiger partial charge on any atom is -0.480 e. The number of aromatic nitrogens is 3. The molecule has 0 spiro atoms. The first kappa shape index (κ1) is 21.6. The second-order valence-electron chi connectivity index (χ2n) is 7.12. The van der Waals surface area contributed by atoms with Crippen LogP contribution >= 0.6 is 0 Å². The number of nitrogens with zero attached hydrogens (tertiary/aromatic N) is 3. The molecular formula is C22H18F2N4O3S. The number of ether oxygens (including phenoxy) is 1. The van der Waals surface area contributed by atoms with E-state index in [4.69, 9.17) is 4.74 Å². The maximum atomic E-state index is 14.9. The lowest BCUT2D eigenvalue weighted by atomic mass is 10.0. The summed E-state index contributed by atoms with van der Waals surface area (Å²) in [6.07, 6.45) is 0.485. The van der Waals surface area contributed by atoms with E-state index in [1.54, 1.807) is 44.2 Å². The van der Waals surface area contributed by atoms with Crippen molar-refractivity contribution in [2.75, 3.05) is 11.8 Å². The fraction of sp³-hybridized carbons (Fsp3) is 0.136. The summed E-state index contributed by atoms with van der Waals surface area (Å²) in [7, 11) is -2.73. The van der Waals surface area contributed by atoms with E-state index in [1.807, 2.05) is 0 Å². The van der Waals surface area contributed by atoms with Crippen LogP contribution in [0.25, 0.3) is 22.0 Å². The third-order valence-corrected chi connectivity index (χ3v) is 6.40. The summed E-state index contributed by atoms with van der Waals surface area (Å²) in [5, 5.41) is 0.549. The van der Waals surface area contributed by atoms with Crippen LogP contribution < -0.4 is 9.46 Å². The van der Waals surface area contributed by atoms with Crippen molar-refractivity contribution < 1.29 is 21.9 Å². The molecule has 0 aliphatic heterocycles. The van der Waals surface area contributed by atoms with E-state index in [1.165, 1.54) is 19.4 Å². The molecule has 4 rings (SSSR count). The predicted octanol–water partition coefficient (Wildman–Crippen LogP) is 4.40. The lowest BCUT2D eigenvalue weighted by Gasteiger charge is -2.14. The Kier molecular flexibility index (Phi) is 5.47. The van der Waals surface area contributed by atoms with Gasteiger partial charge in [0, 0.05) is 17.1 Å². The molecule has 0 bridgehead atoms. The number of anilines is 1. The van der Waals surface area contributed by atoms with Gasteiger partial charge in [0.15, 0.2) is 11.6 Å². The third kappa shape index (κ3) is 3.96. The van der Waals surface area contributed by atoms with E-state index >= 15 is 0 Å². The number of fused-ring (bicyclic) bond motifs is 1. The molecule has 10 heteroatoms. The predicted molar refractivity (Wildman–Crippen MR) is 116 cm³/mol. The normalized spacial score (nSPS) is 11.5. The quantitative estimate of drug-likeness (QED) is 0.448. The molecule has 2 aromatic carbocycles. The molecule has 0 radical (unpaired) electrons. The van der Waals surface area contributed by atoms with Gasteiger partial charge in [-0.2, -0.15) is 9.37 Å². The number of methoxy groups -OCH3 is 1. The van der Waals surface area contributed by atoms with Gasteiger partial charge >= 0.3 is 6.08 Å². The smallest absolute Gasteiger partial charge is 0.309 e. The van der Waals surface area contributed by atoms with E-state index in [0.717, 1.165) is 6.07 Å². The van der Waals surface area contributed by atoms with Crippen molar-refractivity contribution in [3.05, 3.63) is 71.7 Å². The molecule has 0 unspecified atom stereocenters. The molecule has 0 aliphatic carbocycles. The lowest BCUT2D eigenvalue weighted by molar-refractivity contribution is 0.398. The van der Waals surface area contributed by atoms with Crippen LogP contribution in [0.1, 0.15) is 11.1 Å². The first-order valence-corrected chi connectivity index (χ1v) is 10.9. The summed E-state index contributed by atoms with van der Waals surface area (Å²) < 4.78 is 61.3. The number of rotatable bonds is 5. The van der Waals surface area contributed by atoms with Gasteiger partial charge in [0.2, 0.25) is 5.88 Å². The largest absolute Gasteiger partial charge is 0.480 e. The van der Waals surface area contributed by atoms with Crippen LogP contribution in [0.3, 0.4) is 0 Å². The van der Waals surface area contributed by atoms with Gasteiger partial charge in [0.05, 0.1) is 17.5 Å². The molecule has 7 nitrogen and oxygen atoms in total. The van der Waals surface area contributed by atoms with E-state index in [-0.39, 0.29) is 16.3 Å². The highest BCUT2D eigenvalue weighted by atomic mass is 32.2. The Morgan fingerprint density at radius 2 is 1.75 bits per heavy atom. The van der Waals surface area contributed by atoms with Gasteiger partial charge in [0.1, 0.15) is 0 Å². The Morgan fingerprint density at radius 3 is 2.47 bits per heavy atom. The van der Waals surface area contributed by atoms with Gasteiger partial charge in [0.25, 0.3) is 10.0 Å². The fourth-order valence-corrected chi connectivity index (χ4v) is 4.66. The number of halogens is 2. The molecule has 4 aromatic rings. The number of nitrogens with one attached hydrogen (secondary N) is 1. The number of sulfonamides is 1. The number of hydrogen-bond acceptors (Lipinski definition) is 6. The monoisotopic (exact) mass is 456 g/mol. The Morgan fingerprint density at radius 1 is 1.00 bits per heavy atom. The molecule has 0 saturated heterocycles. The van der Waals surface area contributed by atoms with E-state index in [0.29, 0.717) is 27.6 Å². The molecule has 0 amide bonds. The van der Waals surface area contributed by atoms with Crippen LogP contribution in [-0.2, 0) is 10.0 Å². The minimum absolute atomic E-state index is 0.00987. The topological polar surface area (TPSA) is 94.1 Å². The Labute approximate surface area is 183 Å². The number of pyridine rings is 1. The molecule has 2 aromatic heterocycles. The van der Waals surface area contributed by atoms with E-state index in [9.17, 15) is 17.2 Å². The Bertz CT molecular complexity index is 1460. The molecule has 0 fully saturated rings. The summed E-state index contributed by atoms with van der Waals surface area (Å²) >= 11 is 0. The highest BCUT2D eigenvalue weighted by Crippen LogP contribution is 2.34.